The fourth-order valence-electron chi connectivity index (χ4n) is 4.10. The van der Waals surface area contributed by atoms with Crippen LogP contribution in [0.4, 0.5) is 0 Å². The van der Waals surface area contributed by atoms with Crippen LogP contribution in [0.3, 0.4) is 0 Å². The monoisotopic (exact) mass is 294 g/mol. The van der Waals surface area contributed by atoms with Crippen LogP contribution in [0.25, 0.3) is 0 Å². The highest BCUT2D eigenvalue weighted by Crippen LogP contribution is 2.28. The van der Waals surface area contributed by atoms with Crippen molar-refractivity contribution in [2.75, 3.05) is 26.2 Å². The van der Waals surface area contributed by atoms with Gasteiger partial charge in [0.2, 0.25) is 0 Å². The minimum Gasteiger partial charge on any atom is -0.314 e. The van der Waals surface area contributed by atoms with Crippen LogP contribution in [0.15, 0.2) is 0 Å². The molecule has 1 saturated carbocycles. The molecule has 2 fully saturated rings. The van der Waals surface area contributed by atoms with Gasteiger partial charge in [0.15, 0.2) is 0 Å². The van der Waals surface area contributed by atoms with Gasteiger partial charge in [0.1, 0.15) is 0 Å². The molecule has 2 atom stereocenters. The molecule has 0 amide bonds. The Bertz CT molecular complexity index is 269. The Morgan fingerprint density at radius 2 is 1.76 bits per heavy atom. The number of rotatable bonds is 6. The number of nitrogens with zero attached hydrogens (tertiary/aromatic N) is 1. The van der Waals surface area contributed by atoms with Gasteiger partial charge in [-0.1, -0.05) is 33.6 Å². The maximum Gasteiger partial charge on any atom is 0.00671 e. The summed E-state index contributed by atoms with van der Waals surface area (Å²) in [7, 11) is 0. The van der Waals surface area contributed by atoms with Crippen LogP contribution >= 0.6 is 0 Å². The Morgan fingerprint density at radius 3 is 2.48 bits per heavy atom. The Morgan fingerprint density at radius 1 is 1.00 bits per heavy atom. The second kappa shape index (κ2) is 9.15. The third-order valence-corrected chi connectivity index (χ3v) is 5.92. The summed E-state index contributed by atoms with van der Waals surface area (Å²) in [6, 6.07) is 0.801. The standard InChI is InChI=1S/C19H38N2/c1-16(2)18-6-4-7-19(9-8-18)20-12-5-13-21-14-10-17(3)11-15-21/h16-20H,4-15H2,1-3H3. The van der Waals surface area contributed by atoms with E-state index in [9.17, 15) is 0 Å². The van der Waals surface area contributed by atoms with Crippen LogP contribution in [0.5, 0.6) is 0 Å². The zero-order valence-electron chi connectivity index (χ0n) is 14.7. The van der Waals surface area contributed by atoms with E-state index in [1.807, 2.05) is 0 Å². The van der Waals surface area contributed by atoms with E-state index in [1.54, 1.807) is 0 Å². The van der Waals surface area contributed by atoms with Crippen molar-refractivity contribution in [2.45, 2.75) is 78.2 Å². The van der Waals surface area contributed by atoms with Crippen LogP contribution in [-0.4, -0.2) is 37.1 Å². The Hall–Kier alpha value is -0.0800. The van der Waals surface area contributed by atoms with Crippen molar-refractivity contribution in [3.05, 3.63) is 0 Å². The van der Waals surface area contributed by atoms with Gasteiger partial charge in [0, 0.05) is 6.04 Å². The summed E-state index contributed by atoms with van der Waals surface area (Å²) in [6.45, 7) is 12.4. The van der Waals surface area contributed by atoms with Crippen LogP contribution < -0.4 is 5.32 Å². The van der Waals surface area contributed by atoms with E-state index in [0.29, 0.717) is 0 Å². The molecule has 1 N–H and O–H groups in total. The summed E-state index contributed by atoms with van der Waals surface area (Å²) in [4.78, 5) is 2.67. The van der Waals surface area contributed by atoms with Gasteiger partial charge in [-0.05, 0) is 82.5 Å². The molecule has 1 heterocycles. The predicted molar refractivity (Wildman–Crippen MR) is 92.7 cm³/mol. The maximum atomic E-state index is 3.84. The molecule has 2 rings (SSSR count). The summed E-state index contributed by atoms with van der Waals surface area (Å²) < 4.78 is 0. The molecular formula is C19H38N2. The lowest BCUT2D eigenvalue weighted by Gasteiger charge is -2.30. The van der Waals surface area contributed by atoms with Gasteiger partial charge in [-0.15, -0.1) is 0 Å². The molecule has 1 aliphatic carbocycles. The van der Waals surface area contributed by atoms with Crippen molar-refractivity contribution >= 4 is 0 Å². The molecule has 21 heavy (non-hydrogen) atoms. The summed E-state index contributed by atoms with van der Waals surface area (Å²) >= 11 is 0. The van der Waals surface area contributed by atoms with E-state index < -0.39 is 0 Å². The van der Waals surface area contributed by atoms with E-state index in [1.165, 1.54) is 77.5 Å². The zero-order chi connectivity index (χ0) is 15.1. The lowest BCUT2D eigenvalue weighted by atomic mass is 9.89. The molecule has 0 radical (unpaired) electrons. The normalized spacial score (nSPS) is 29.7. The van der Waals surface area contributed by atoms with Gasteiger partial charge in [-0.2, -0.15) is 0 Å². The third-order valence-electron chi connectivity index (χ3n) is 5.92. The first kappa shape index (κ1) is 17.3. The number of nitrogens with one attached hydrogen (secondary N) is 1. The second-order valence-corrected chi connectivity index (χ2v) is 8.04. The minimum absolute atomic E-state index is 0.801. The molecule has 0 aromatic heterocycles. The van der Waals surface area contributed by atoms with Gasteiger partial charge in [0.05, 0.1) is 0 Å². The molecule has 0 bridgehead atoms. The molecule has 1 saturated heterocycles. The van der Waals surface area contributed by atoms with Crippen LogP contribution in [0.2, 0.25) is 0 Å². The fourth-order valence-corrected chi connectivity index (χ4v) is 4.10. The lowest BCUT2D eigenvalue weighted by Crippen LogP contribution is -2.36. The first-order chi connectivity index (χ1) is 10.1. The van der Waals surface area contributed by atoms with E-state index in [-0.39, 0.29) is 0 Å². The number of hydrogen-bond donors (Lipinski definition) is 1. The Balaban J connectivity index is 1.54. The molecule has 0 aromatic rings. The van der Waals surface area contributed by atoms with E-state index in [2.05, 4.69) is 31.0 Å². The van der Waals surface area contributed by atoms with Gasteiger partial charge in [-0.3, -0.25) is 0 Å². The van der Waals surface area contributed by atoms with Gasteiger partial charge in [0.25, 0.3) is 0 Å². The number of likely N-dealkylation sites (tertiary alicyclic amines) is 1. The molecule has 1 aliphatic heterocycles. The smallest absolute Gasteiger partial charge is 0.00671 e. The molecule has 2 nitrogen and oxygen atoms in total. The summed E-state index contributed by atoms with van der Waals surface area (Å²) in [6.07, 6.45) is 11.3. The topological polar surface area (TPSA) is 15.3 Å². The van der Waals surface area contributed by atoms with Crippen molar-refractivity contribution in [3.63, 3.8) is 0 Å². The van der Waals surface area contributed by atoms with Gasteiger partial charge < -0.3 is 10.2 Å². The van der Waals surface area contributed by atoms with E-state index >= 15 is 0 Å². The van der Waals surface area contributed by atoms with E-state index in [0.717, 1.165) is 23.8 Å². The van der Waals surface area contributed by atoms with Crippen LogP contribution in [0.1, 0.15) is 72.1 Å². The van der Waals surface area contributed by atoms with E-state index in [4.69, 9.17) is 0 Å². The highest BCUT2D eigenvalue weighted by molar-refractivity contribution is 4.77. The van der Waals surface area contributed by atoms with Crippen molar-refractivity contribution < 1.29 is 0 Å². The second-order valence-electron chi connectivity index (χ2n) is 8.04. The average Bonchev–Trinajstić information content (AvgIpc) is 2.71. The lowest BCUT2D eigenvalue weighted by molar-refractivity contribution is 0.189. The predicted octanol–water partition coefficient (Wildman–Crippen LogP) is 4.30. The highest BCUT2D eigenvalue weighted by Gasteiger charge is 2.20. The minimum atomic E-state index is 0.801. The summed E-state index contributed by atoms with van der Waals surface area (Å²) in [5, 5.41) is 3.84. The van der Waals surface area contributed by atoms with Crippen LogP contribution in [-0.2, 0) is 0 Å². The summed E-state index contributed by atoms with van der Waals surface area (Å²) in [5.74, 6) is 2.82. The van der Waals surface area contributed by atoms with Crippen LogP contribution in [0, 0.1) is 17.8 Å². The SMILES string of the molecule is CC1CCN(CCCNC2CCCC(C(C)C)CC2)CC1. The molecule has 2 aliphatic rings. The molecule has 2 unspecified atom stereocenters. The number of hydrogen-bond acceptors (Lipinski definition) is 2. The molecule has 0 aromatic carbocycles. The first-order valence-corrected chi connectivity index (χ1v) is 9.61. The molecule has 124 valence electrons. The maximum absolute atomic E-state index is 3.84. The Labute approximate surface area is 133 Å². The van der Waals surface area contributed by atoms with Crippen molar-refractivity contribution in [2.24, 2.45) is 17.8 Å². The molecular weight excluding hydrogens is 256 g/mol. The quantitative estimate of drug-likeness (QED) is 0.580. The fraction of sp³-hybridized carbons (Fsp3) is 1.00. The number of piperidine rings is 1. The highest BCUT2D eigenvalue weighted by atomic mass is 15.1. The van der Waals surface area contributed by atoms with Crippen molar-refractivity contribution in [3.8, 4) is 0 Å². The average molecular weight is 295 g/mol. The largest absolute Gasteiger partial charge is 0.314 e. The van der Waals surface area contributed by atoms with Crippen molar-refractivity contribution in [1.82, 2.24) is 10.2 Å². The first-order valence-electron chi connectivity index (χ1n) is 9.61. The third kappa shape index (κ3) is 6.28. The van der Waals surface area contributed by atoms with Gasteiger partial charge in [-0.25, -0.2) is 0 Å². The zero-order valence-corrected chi connectivity index (χ0v) is 14.7. The summed E-state index contributed by atoms with van der Waals surface area (Å²) in [5.41, 5.74) is 0. The van der Waals surface area contributed by atoms with Gasteiger partial charge >= 0.3 is 0 Å². The molecule has 0 spiro atoms. The Kier molecular flexibility index (Phi) is 7.53. The molecule has 2 heteroatoms. The van der Waals surface area contributed by atoms with Crippen molar-refractivity contribution in [1.29, 1.82) is 0 Å².